The standard InChI is InChI=1S/C17H22BrN3O3/c1-5-8-24-16-13(18)9-12(10-14(16)23-4)17(22)20-15-6-7-19-21(15)11(2)3/h6-7,9-11H,5,8H2,1-4H3,(H,20,22). The fraction of sp³-hybridized carbons (Fsp3) is 0.412. The van der Waals surface area contributed by atoms with Gasteiger partial charge in [-0.3, -0.25) is 4.79 Å². The maximum absolute atomic E-state index is 12.6. The van der Waals surface area contributed by atoms with Crippen LogP contribution in [0.2, 0.25) is 0 Å². The molecule has 7 heteroatoms. The molecule has 0 aliphatic carbocycles. The third-order valence-corrected chi connectivity index (χ3v) is 3.93. The van der Waals surface area contributed by atoms with E-state index >= 15 is 0 Å². The number of nitrogens with one attached hydrogen (secondary N) is 1. The number of hydrogen-bond acceptors (Lipinski definition) is 4. The number of benzene rings is 1. The van der Waals surface area contributed by atoms with Gasteiger partial charge in [-0.25, -0.2) is 4.68 Å². The SMILES string of the molecule is CCCOc1c(Br)cc(C(=O)Nc2ccnn2C(C)C)cc1OC. The van der Waals surface area contributed by atoms with Gasteiger partial charge in [0.15, 0.2) is 11.5 Å². The second-order valence-electron chi connectivity index (χ2n) is 5.55. The predicted molar refractivity (Wildman–Crippen MR) is 97.0 cm³/mol. The van der Waals surface area contributed by atoms with Gasteiger partial charge in [0.2, 0.25) is 0 Å². The summed E-state index contributed by atoms with van der Waals surface area (Å²) in [5, 5.41) is 7.08. The van der Waals surface area contributed by atoms with Gasteiger partial charge in [0, 0.05) is 17.7 Å². The molecule has 6 nitrogen and oxygen atoms in total. The number of aromatic nitrogens is 2. The van der Waals surface area contributed by atoms with E-state index in [4.69, 9.17) is 9.47 Å². The van der Waals surface area contributed by atoms with Crippen LogP contribution in [0, 0.1) is 0 Å². The Kier molecular flexibility index (Phi) is 6.25. The van der Waals surface area contributed by atoms with E-state index in [9.17, 15) is 4.79 Å². The fourth-order valence-electron chi connectivity index (χ4n) is 2.21. The van der Waals surface area contributed by atoms with Crippen LogP contribution in [0.4, 0.5) is 5.82 Å². The van der Waals surface area contributed by atoms with Crippen molar-refractivity contribution in [1.82, 2.24) is 9.78 Å². The summed E-state index contributed by atoms with van der Waals surface area (Å²) in [6.45, 7) is 6.61. The zero-order valence-corrected chi connectivity index (χ0v) is 15.9. The van der Waals surface area contributed by atoms with Crippen LogP contribution >= 0.6 is 15.9 Å². The van der Waals surface area contributed by atoms with Crippen molar-refractivity contribution in [2.75, 3.05) is 19.0 Å². The van der Waals surface area contributed by atoms with Gasteiger partial charge < -0.3 is 14.8 Å². The smallest absolute Gasteiger partial charge is 0.256 e. The molecule has 0 aliphatic heterocycles. The molecule has 1 aromatic carbocycles. The Morgan fingerprint density at radius 3 is 2.79 bits per heavy atom. The molecule has 0 atom stereocenters. The Labute approximate surface area is 150 Å². The maximum Gasteiger partial charge on any atom is 0.256 e. The number of nitrogens with zero attached hydrogens (tertiary/aromatic N) is 2. The van der Waals surface area contributed by atoms with Crippen LogP contribution in [0.25, 0.3) is 0 Å². The van der Waals surface area contributed by atoms with Crippen LogP contribution in [-0.2, 0) is 0 Å². The van der Waals surface area contributed by atoms with E-state index in [-0.39, 0.29) is 11.9 Å². The Balaban J connectivity index is 2.26. The number of ether oxygens (including phenoxy) is 2. The molecule has 2 aromatic rings. The summed E-state index contributed by atoms with van der Waals surface area (Å²) < 4.78 is 13.5. The van der Waals surface area contributed by atoms with Crippen molar-refractivity contribution >= 4 is 27.7 Å². The first-order chi connectivity index (χ1) is 11.5. The zero-order valence-electron chi connectivity index (χ0n) is 14.3. The van der Waals surface area contributed by atoms with Crippen LogP contribution < -0.4 is 14.8 Å². The lowest BCUT2D eigenvalue weighted by Gasteiger charge is -2.15. The van der Waals surface area contributed by atoms with E-state index in [1.54, 1.807) is 36.2 Å². The molecule has 1 N–H and O–H groups in total. The first-order valence-electron chi connectivity index (χ1n) is 7.83. The van der Waals surface area contributed by atoms with Crippen LogP contribution in [0.15, 0.2) is 28.9 Å². The number of methoxy groups -OCH3 is 1. The molecular formula is C17H22BrN3O3. The Morgan fingerprint density at radius 2 is 2.17 bits per heavy atom. The van der Waals surface area contributed by atoms with Crippen molar-refractivity contribution in [2.24, 2.45) is 0 Å². The molecule has 0 saturated heterocycles. The quantitative estimate of drug-likeness (QED) is 0.759. The first-order valence-corrected chi connectivity index (χ1v) is 8.62. The minimum absolute atomic E-state index is 0.154. The highest BCUT2D eigenvalue weighted by Crippen LogP contribution is 2.37. The number of hydrogen-bond donors (Lipinski definition) is 1. The van der Waals surface area contributed by atoms with Gasteiger partial charge in [-0.05, 0) is 48.3 Å². The summed E-state index contributed by atoms with van der Waals surface area (Å²) in [5.41, 5.74) is 0.471. The third-order valence-electron chi connectivity index (χ3n) is 3.34. The maximum atomic E-state index is 12.6. The average molecular weight is 396 g/mol. The number of rotatable bonds is 7. The number of carbonyl (C=O) groups is 1. The lowest BCUT2D eigenvalue weighted by atomic mass is 10.2. The van der Waals surface area contributed by atoms with Gasteiger partial charge in [0.1, 0.15) is 5.82 Å². The highest BCUT2D eigenvalue weighted by molar-refractivity contribution is 9.10. The van der Waals surface area contributed by atoms with E-state index in [2.05, 4.69) is 26.3 Å². The Hall–Kier alpha value is -2.02. The van der Waals surface area contributed by atoms with Crippen molar-refractivity contribution in [3.8, 4) is 11.5 Å². The van der Waals surface area contributed by atoms with E-state index < -0.39 is 0 Å². The molecule has 0 bridgehead atoms. The average Bonchev–Trinajstić information content (AvgIpc) is 3.01. The highest BCUT2D eigenvalue weighted by atomic mass is 79.9. The molecule has 0 spiro atoms. The summed E-state index contributed by atoms with van der Waals surface area (Å²) >= 11 is 3.45. The second kappa shape index (κ2) is 8.19. The molecule has 0 saturated carbocycles. The van der Waals surface area contributed by atoms with Crippen LogP contribution in [0.1, 0.15) is 43.6 Å². The lowest BCUT2D eigenvalue weighted by molar-refractivity contribution is 0.102. The summed E-state index contributed by atoms with van der Waals surface area (Å²) in [5.74, 6) is 1.53. The summed E-state index contributed by atoms with van der Waals surface area (Å²) in [7, 11) is 1.55. The monoisotopic (exact) mass is 395 g/mol. The van der Waals surface area contributed by atoms with Crippen molar-refractivity contribution in [2.45, 2.75) is 33.2 Å². The minimum atomic E-state index is -0.238. The number of carbonyl (C=O) groups excluding carboxylic acids is 1. The van der Waals surface area contributed by atoms with E-state index in [0.29, 0.717) is 34.0 Å². The van der Waals surface area contributed by atoms with E-state index in [1.165, 1.54) is 0 Å². The Bertz CT molecular complexity index is 713. The van der Waals surface area contributed by atoms with Gasteiger partial charge in [0.05, 0.1) is 24.4 Å². The summed E-state index contributed by atoms with van der Waals surface area (Å²) in [6, 6.07) is 5.31. The van der Waals surface area contributed by atoms with Crippen LogP contribution in [-0.4, -0.2) is 29.4 Å². The van der Waals surface area contributed by atoms with Crippen LogP contribution in [0.5, 0.6) is 11.5 Å². The number of anilines is 1. The normalized spacial score (nSPS) is 10.8. The summed E-state index contributed by atoms with van der Waals surface area (Å²) in [6.07, 6.45) is 2.55. The van der Waals surface area contributed by atoms with Gasteiger partial charge in [-0.2, -0.15) is 5.10 Å². The highest BCUT2D eigenvalue weighted by Gasteiger charge is 2.17. The topological polar surface area (TPSA) is 65.4 Å². The molecule has 1 heterocycles. The number of amides is 1. The molecule has 1 aromatic heterocycles. The van der Waals surface area contributed by atoms with E-state index in [0.717, 1.165) is 6.42 Å². The van der Waals surface area contributed by atoms with Gasteiger partial charge in [-0.1, -0.05) is 6.92 Å². The molecule has 0 fully saturated rings. The molecular weight excluding hydrogens is 374 g/mol. The largest absolute Gasteiger partial charge is 0.493 e. The predicted octanol–water partition coefficient (Wildman–Crippen LogP) is 4.28. The van der Waals surface area contributed by atoms with Gasteiger partial charge in [-0.15, -0.1) is 0 Å². The van der Waals surface area contributed by atoms with Gasteiger partial charge in [0.25, 0.3) is 5.91 Å². The summed E-state index contributed by atoms with van der Waals surface area (Å²) in [4.78, 5) is 12.6. The fourth-order valence-corrected chi connectivity index (χ4v) is 2.76. The van der Waals surface area contributed by atoms with Crippen molar-refractivity contribution in [3.63, 3.8) is 0 Å². The van der Waals surface area contributed by atoms with Crippen molar-refractivity contribution in [1.29, 1.82) is 0 Å². The zero-order chi connectivity index (χ0) is 17.7. The molecule has 0 aliphatic rings. The first kappa shape index (κ1) is 18.3. The van der Waals surface area contributed by atoms with Crippen molar-refractivity contribution < 1.29 is 14.3 Å². The lowest BCUT2D eigenvalue weighted by Crippen LogP contribution is -2.17. The number of halogens is 1. The molecule has 0 unspecified atom stereocenters. The Morgan fingerprint density at radius 1 is 1.42 bits per heavy atom. The van der Waals surface area contributed by atoms with Crippen molar-refractivity contribution in [3.05, 3.63) is 34.4 Å². The minimum Gasteiger partial charge on any atom is -0.493 e. The van der Waals surface area contributed by atoms with E-state index in [1.807, 2.05) is 20.8 Å². The molecule has 1 amide bonds. The third kappa shape index (κ3) is 4.08. The molecule has 2 rings (SSSR count). The van der Waals surface area contributed by atoms with Gasteiger partial charge >= 0.3 is 0 Å². The second-order valence-corrected chi connectivity index (χ2v) is 6.40. The molecule has 24 heavy (non-hydrogen) atoms. The molecule has 130 valence electrons. The van der Waals surface area contributed by atoms with Crippen LogP contribution in [0.3, 0.4) is 0 Å². The molecule has 0 radical (unpaired) electrons.